The molecule has 1 aliphatic heterocycles. The van der Waals surface area contributed by atoms with E-state index in [0.29, 0.717) is 12.3 Å². The first-order valence-electron chi connectivity index (χ1n) is 7.50. The Morgan fingerprint density at radius 2 is 1.91 bits per heavy atom. The van der Waals surface area contributed by atoms with Gasteiger partial charge in [0, 0.05) is 13.1 Å². The average molecular weight is 297 g/mol. The number of nitrogens with zero attached hydrogens (tertiary/aromatic N) is 2. The Kier molecular flexibility index (Phi) is 4.65. The van der Waals surface area contributed by atoms with E-state index in [1.54, 1.807) is 12.3 Å². The standard InChI is InChI=1S/C17H19N3O2/c21-17(19-22-13-14-6-2-1-3-7-14)16-9-8-15(12-18-16)20-10-4-5-11-20/h1-3,6-9,12H,4-5,10-11,13H2,(H,19,21). The number of hydrogen-bond donors (Lipinski definition) is 1. The second-order valence-electron chi connectivity index (χ2n) is 5.30. The lowest BCUT2D eigenvalue weighted by molar-refractivity contribution is 0.0229. The van der Waals surface area contributed by atoms with E-state index in [-0.39, 0.29) is 5.91 Å². The molecule has 1 aromatic carbocycles. The van der Waals surface area contributed by atoms with E-state index >= 15 is 0 Å². The molecule has 1 aliphatic rings. The molecule has 0 spiro atoms. The summed E-state index contributed by atoms with van der Waals surface area (Å²) in [5, 5.41) is 0. The highest BCUT2D eigenvalue weighted by Crippen LogP contribution is 2.18. The molecule has 1 fully saturated rings. The molecular formula is C17H19N3O2. The molecule has 2 heterocycles. The van der Waals surface area contributed by atoms with Crippen LogP contribution in [0.25, 0.3) is 0 Å². The van der Waals surface area contributed by atoms with Crippen molar-refractivity contribution in [1.29, 1.82) is 0 Å². The predicted octanol–water partition coefficient (Wildman–Crippen LogP) is 2.54. The topological polar surface area (TPSA) is 54.5 Å². The van der Waals surface area contributed by atoms with Gasteiger partial charge in [0.25, 0.3) is 5.91 Å². The molecule has 1 aromatic heterocycles. The lowest BCUT2D eigenvalue weighted by Crippen LogP contribution is -2.25. The Balaban J connectivity index is 1.51. The van der Waals surface area contributed by atoms with Gasteiger partial charge in [0.15, 0.2) is 0 Å². The van der Waals surface area contributed by atoms with Gasteiger partial charge in [-0.15, -0.1) is 0 Å². The summed E-state index contributed by atoms with van der Waals surface area (Å²) in [6.45, 7) is 2.46. The maximum absolute atomic E-state index is 12.0. The first kappa shape index (κ1) is 14.5. The molecule has 114 valence electrons. The fourth-order valence-corrected chi connectivity index (χ4v) is 2.49. The molecule has 0 bridgehead atoms. The van der Waals surface area contributed by atoms with E-state index in [0.717, 1.165) is 24.3 Å². The van der Waals surface area contributed by atoms with Crippen molar-refractivity contribution in [2.24, 2.45) is 0 Å². The van der Waals surface area contributed by atoms with Crippen molar-refractivity contribution in [3.05, 3.63) is 59.9 Å². The van der Waals surface area contributed by atoms with Gasteiger partial charge in [-0.3, -0.25) is 9.63 Å². The Morgan fingerprint density at radius 1 is 1.14 bits per heavy atom. The van der Waals surface area contributed by atoms with Crippen molar-refractivity contribution in [1.82, 2.24) is 10.5 Å². The molecule has 1 N–H and O–H groups in total. The van der Waals surface area contributed by atoms with Gasteiger partial charge in [-0.1, -0.05) is 30.3 Å². The normalized spacial score (nSPS) is 14.1. The number of carbonyl (C=O) groups excluding carboxylic acids is 1. The van der Waals surface area contributed by atoms with Crippen molar-refractivity contribution in [2.45, 2.75) is 19.4 Å². The fourth-order valence-electron chi connectivity index (χ4n) is 2.49. The predicted molar refractivity (Wildman–Crippen MR) is 84.4 cm³/mol. The van der Waals surface area contributed by atoms with Crippen molar-refractivity contribution >= 4 is 11.6 Å². The fraction of sp³-hybridized carbons (Fsp3) is 0.294. The summed E-state index contributed by atoms with van der Waals surface area (Å²) in [7, 11) is 0. The molecule has 1 saturated heterocycles. The summed E-state index contributed by atoms with van der Waals surface area (Å²) in [5.74, 6) is -0.330. The van der Waals surface area contributed by atoms with E-state index in [9.17, 15) is 4.79 Å². The van der Waals surface area contributed by atoms with E-state index in [2.05, 4.69) is 15.4 Å². The number of aromatic nitrogens is 1. The smallest absolute Gasteiger partial charge is 0.293 e. The highest BCUT2D eigenvalue weighted by atomic mass is 16.6. The lowest BCUT2D eigenvalue weighted by atomic mass is 10.2. The van der Waals surface area contributed by atoms with E-state index in [1.807, 2.05) is 36.4 Å². The third-order valence-electron chi connectivity index (χ3n) is 3.70. The summed E-state index contributed by atoms with van der Waals surface area (Å²) < 4.78 is 0. The zero-order valence-electron chi connectivity index (χ0n) is 12.4. The number of anilines is 1. The van der Waals surface area contributed by atoms with Crippen LogP contribution in [0.4, 0.5) is 5.69 Å². The third-order valence-corrected chi connectivity index (χ3v) is 3.70. The molecule has 5 nitrogen and oxygen atoms in total. The van der Waals surface area contributed by atoms with E-state index in [4.69, 9.17) is 4.84 Å². The van der Waals surface area contributed by atoms with Crippen molar-refractivity contribution in [3.8, 4) is 0 Å². The lowest BCUT2D eigenvalue weighted by Gasteiger charge is -2.16. The molecule has 3 rings (SSSR count). The number of hydrogen-bond acceptors (Lipinski definition) is 4. The van der Waals surface area contributed by atoms with E-state index in [1.165, 1.54) is 12.8 Å². The van der Waals surface area contributed by atoms with E-state index < -0.39 is 0 Å². The van der Waals surface area contributed by atoms with Crippen LogP contribution >= 0.6 is 0 Å². The quantitative estimate of drug-likeness (QED) is 0.862. The first-order valence-corrected chi connectivity index (χ1v) is 7.50. The Morgan fingerprint density at radius 3 is 2.59 bits per heavy atom. The Bertz CT molecular complexity index is 608. The molecule has 0 atom stereocenters. The average Bonchev–Trinajstić information content (AvgIpc) is 3.10. The summed E-state index contributed by atoms with van der Waals surface area (Å²) in [4.78, 5) is 23.7. The number of nitrogens with one attached hydrogen (secondary N) is 1. The second kappa shape index (κ2) is 7.04. The van der Waals surface area contributed by atoms with Gasteiger partial charge in [0.05, 0.1) is 18.5 Å². The van der Waals surface area contributed by atoms with Gasteiger partial charge in [0.1, 0.15) is 5.69 Å². The van der Waals surface area contributed by atoms with Crippen molar-refractivity contribution < 1.29 is 9.63 Å². The highest BCUT2D eigenvalue weighted by Gasteiger charge is 2.13. The number of amides is 1. The summed E-state index contributed by atoms with van der Waals surface area (Å²) in [6, 6.07) is 13.3. The molecular weight excluding hydrogens is 278 g/mol. The molecule has 5 heteroatoms. The summed E-state index contributed by atoms with van der Waals surface area (Å²) in [5.41, 5.74) is 4.85. The minimum atomic E-state index is -0.330. The maximum atomic E-state index is 12.0. The van der Waals surface area contributed by atoms with Crippen molar-refractivity contribution in [3.63, 3.8) is 0 Å². The van der Waals surface area contributed by atoms with Gasteiger partial charge < -0.3 is 4.90 Å². The van der Waals surface area contributed by atoms with Crippen LogP contribution in [0.1, 0.15) is 28.9 Å². The number of hydroxylamine groups is 1. The highest BCUT2D eigenvalue weighted by molar-refractivity contribution is 5.91. The molecule has 1 amide bonds. The van der Waals surface area contributed by atoms with Gasteiger partial charge in [-0.25, -0.2) is 10.5 Å². The first-order chi connectivity index (χ1) is 10.8. The number of pyridine rings is 1. The zero-order valence-corrected chi connectivity index (χ0v) is 12.4. The molecule has 22 heavy (non-hydrogen) atoms. The third kappa shape index (κ3) is 3.62. The number of benzene rings is 1. The van der Waals surface area contributed by atoms with Gasteiger partial charge in [-0.05, 0) is 30.5 Å². The second-order valence-corrected chi connectivity index (χ2v) is 5.30. The molecule has 2 aromatic rings. The molecule has 0 aliphatic carbocycles. The monoisotopic (exact) mass is 297 g/mol. The van der Waals surface area contributed by atoms with Crippen LogP contribution in [0.2, 0.25) is 0 Å². The summed E-state index contributed by atoms with van der Waals surface area (Å²) >= 11 is 0. The van der Waals surface area contributed by atoms with Gasteiger partial charge in [-0.2, -0.15) is 0 Å². The number of carbonyl (C=O) groups is 1. The molecule has 0 unspecified atom stereocenters. The largest absolute Gasteiger partial charge is 0.370 e. The summed E-state index contributed by atoms with van der Waals surface area (Å²) in [6.07, 6.45) is 4.18. The van der Waals surface area contributed by atoms with Crippen LogP contribution in [-0.4, -0.2) is 24.0 Å². The molecule has 0 saturated carbocycles. The maximum Gasteiger partial charge on any atom is 0.293 e. The molecule has 0 radical (unpaired) electrons. The van der Waals surface area contributed by atoms with Crippen molar-refractivity contribution in [2.75, 3.05) is 18.0 Å². The minimum Gasteiger partial charge on any atom is -0.370 e. The van der Waals surface area contributed by atoms with Crippen LogP contribution < -0.4 is 10.4 Å². The number of rotatable bonds is 5. The van der Waals surface area contributed by atoms with Crippen LogP contribution in [0, 0.1) is 0 Å². The minimum absolute atomic E-state index is 0.330. The van der Waals surface area contributed by atoms with Crippen LogP contribution in [0.3, 0.4) is 0 Å². The SMILES string of the molecule is O=C(NOCc1ccccc1)c1ccc(N2CCCC2)cn1. The van der Waals surface area contributed by atoms with Crippen LogP contribution in [-0.2, 0) is 11.4 Å². The van der Waals surface area contributed by atoms with Crippen LogP contribution in [0.15, 0.2) is 48.7 Å². The van der Waals surface area contributed by atoms with Crippen LogP contribution in [0.5, 0.6) is 0 Å². The van der Waals surface area contributed by atoms with Gasteiger partial charge in [0.2, 0.25) is 0 Å². The zero-order chi connectivity index (χ0) is 15.2. The Labute approximate surface area is 129 Å². The Hall–Kier alpha value is -2.40. The van der Waals surface area contributed by atoms with Gasteiger partial charge >= 0.3 is 0 Å².